The van der Waals surface area contributed by atoms with Crippen molar-refractivity contribution in [3.8, 4) is 11.1 Å². The van der Waals surface area contributed by atoms with Crippen LogP contribution in [0.2, 0.25) is 0 Å². The maximum atomic E-state index is 13.8. The lowest BCUT2D eigenvalue weighted by molar-refractivity contribution is 0.101. The minimum Gasteiger partial charge on any atom is -0.384 e. The lowest BCUT2D eigenvalue weighted by Gasteiger charge is -2.29. The first-order valence-corrected chi connectivity index (χ1v) is 11.2. The van der Waals surface area contributed by atoms with Gasteiger partial charge in [0.15, 0.2) is 11.4 Å². The molecule has 0 atom stereocenters. The molecule has 170 valence electrons. The van der Waals surface area contributed by atoms with Gasteiger partial charge in [0.1, 0.15) is 11.6 Å². The number of carbonyl (C=O) groups excluding carboxylic acids is 1. The van der Waals surface area contributed by atoms with Gasteiger partial charge >= 0.3 is 0 Å². The van der Waals surface area contributed by atoms with Crippen molar-refractivity contribution in [3.05, 3.63) is 53.7 Å². The maximum Gasteiger partial charge on any atom is 0.165 e. The predicted molar refractivity (Wildman–Crippen MR) is 125 cm³/mol. The fourth-order valence-corrected chi connectivity index (χ4v) is 4.98. The highest BCUT2D eigenvalue weighted by Gasteiger charge is 2.29. The molecule has 7 nitrogen and oxygen atoms in total. The number of ketones is 1. The SMILES string of the molecule is COCC1CCC(c2nc3c(-c4cnc5ccc(F)cc5c4)cnn3c(N)c2C(C)=O)CC1. The molecule has 1 fully saturated rings. The molecule has 3 heterocycles. The molecule has 0 unspecified atom stereocenters. The van der Waals surface area contributed by atoms with E-state index in [1.165, 1.54) is 23.6 Å². The summed E-state index contributed by atoms with van der Waals surface area (Å²) in [6.07, 6.45) is 7.30. The summed E-state index contributed by atoms with van der Waals surface area (Å²) in [6, 6.07) is 6.37. The van der Waals surface area contributed by atoms with Crippen molar-refractivity contribution in [2.24, 2.45) is 5.92 Å². The van der Waals surface area contributed by atoms with E-state index in [1.54, 1.807) is 25.6 Å². The Hall–Kier alpha value is -3.39. The van der Waals surface area contributed by atoms with Gasteiger partial charge in [0.25, 0.3) is 0 Å². The molecule has 0 spiro atoms. The smallest absolute Gasteiger partial charge is 0.165 e. The zero-order chi connectivity index (χ0) is 23.1. The molecule has 0 radical (unpaired) electrons. The van der Waals surface area contributed by atoms with Gasteiger partial charge in [-0.1, -0.05) is 0 Å². The number of nitrogens with zero attached hydrogens (tertiary/aromatic N) is 4. The van der Waals surface area contributed by atoms with Crippen molar-refractivity contribution in [1.29, 1.82) is 0 Å². The van der Waals surface area contributed by atoms with E-state index in [0.29, 0.717) is 33.8 Å². The molecule has 3 aromatic heterocycles. The molecule has 1 aliphatic rings. The largest absolute Gasteiger partial charge is 0.384 e. The minimum atomic E-state index is -0.318. The van der Waals surface area contributed by atoms with Crippen LogP contribution in [0.5, 0.6) is 0 Å². The Morgan fingerprint density at radius 1 is 1.21 bits per heavy atom. The summed E-state index contributed by atoms with van der Waals surface area (Å²) in [6.45, 7) is 2.27. The minimum absolute atomic E-state index is 0.115. The third-order valence-electron chi connectivity index (χ3n) is 6.65. The summed E-state index contributed by atoms with van der Waals surface area (Å²) < 4.78 is 20.6. The lowest BCUT2D eigenvalue weighted by Crippen LogP contribution is -2.21. The van der Waals surface area contributed by atoms with E-state index in [2.05, 4.69) is 10.1 Å². The molecule has 33 heavy (non-hydrogen) atoms. The average molecular weight is 448 g/mol. The fourth-order valence-electron chi connectivity index (χ4n) is 4.98. The van der Waals surface area contributed by atoms with Crippen LogP contribution in [-0.4, -0.2) is 39.1 Å². The average Bonchev–Trinajstić information content (AvgIpc) is 3.23. The predicted octanol–water partition coefficient (Wildman–Crippen LogP) is 4.79. The van der Waals surface area contributed by atoms with Gasteiger partial charge in [-0.2, -0.15) is 9.61 Å². The number of hydrogen-bond donors (Lipinski definition) is 1. The van der Waals surface area contributed by atoms with Crippen LogP contribution in [0.3, 0.4) is 0 Å². The van der Waals surface area contributed by atoms with Gasteiger partial charge in [0.2, 0.25) is 0 Å². The second-order valence-corrected chi connectivity index (χ2v) is 8.84. The molecule has 0 aliphatic heterocycles. The molecule has 2 N–H and O–H groups in total. The van der Waals surface area contributed by atoms with Crippen molar-refractivity contribution >= 4 is 28.2 Å². The summed E-state index contributed by atoms with van der Waals surface area (Å²) in [5.74, 6) is 0.545. The first kappa shape index (κ1) is 21.5. The van der Waals surface area contributed by atoms with Crippen LogP contribution < -0.4 is 5.73 Å². The number of rotatable bonds is 5. The van der Waals surface area contributed by atoms with Gasteiger partial charge in [0, 0.05) is 42.3 Å². The van der Waals surface area contributed by atoms with Gasteiger partial charge < -0.3 is 10.5 Å². The van der Waals surface area contributed by atoms with Gasteiger partial charge in [-0.05, 0) is 62.8 Å². The van der Waals surface area contributed by atoms with Crippen LogP contribution in [0, 0.1) is 11.7 Å². The van der Waals surface area contributed by atoms with Crippen molar-refractivity contribution in [2.75, 3.05) is 19.5 Å². The second kappa shape index (κ2) is 8.51. The topological polar surface area (TPSA) is 95.4 Å². The van der Waals surface area contributed by atoms with Crippen molar-refractivity contribution in [1.82, 2.24) is 19.6 Å². The number of nitrogen functional groups attached to an aromatic ring is 1. The number of halogens is 1. The van der Waals surface area contributed by atoms with Crippen LogP contribution in [0.4, 0.5) is 10.2 Å². The Bertz CT molecular complexity index is 1360. The Labute approximate surface area is 190 Å². The number of nitrogens with two attached hydrogens (primary N) is 1. The molecule has 8 heteroatoms. The summed E-state index contributed by atoms with van der Waals surface area (Å²) in [5, 5.41) is 5.11. The molecule has 0 bridgehead atoms. The molecule has 4 aromatic rings. The van der Waals surface area contributed by atoms with Crippen molar-refractivity contribution in [3.63, 3.8) is 0 Å². The molecule has 1 saturated carbocycles. The van der Waals surface area contributed by atoms with E-state index in [9.17, 15) is 9.18 Å². The standard InChI is InChI=1S/C25H26FN5O2/c1-14(32)22-23(16-5-3-15(4-6-16)13-33-2)30-25-20(12-29-31(25)24(22)27)18-9-17-10-19(26)7-8-21(17)28-11-18/h7-12,15-16H,3-6,13,27H2,1-2H3. The molecule has 1 aliphatic carbocycles. The molecule has 1 aromatic carbocycles. The number of anilines is 1. The molecular weight excluding hydrogens is 421 g/mol. The van der Waals surface area contributed by atoms with Crippen LogP contribution in [-0.2, 0) is 4.74 Å². The molecule has 5 rings (SSSR count). The van der Waals surface area contributed by atoms with Gasteiger partial charge in [0.05, 0.1) is 23.0 Å². The monoisotopic (exact) mass is 447 g/mol. The summed E-state index contributed by atoms with van der Waals surface area (Å²) in [7, 11) is 1.73. The number of methoxy groups -OCH3 is 1. The van der Waals surface area contributed by atoms with E-state index in [4.69, 9.17) is 15.5 Å². The Balaban J connectivity index is 1.62. The first-order chi connectivity index (χ1) is 16.0. The number of ether oxygens (including phenoxy) is 1. The third kappa shape index (κ3) is 3.84. The van der Waals surface area contributed by atoms with Gasteiger partial charge in [-0.3, -0.25) is 9.78 Å². The summed E-state index contributed by atoms with van der Waals surface area (Å²) in [4.78, 5) is 22.0. The first-order valence-electron chi connectivity index (χ1n) is 11.2. The Morgan fingerprint density at radius 2 is 2.00 bits per heavy atom. The Kier molecular flexibility index (Phi) is 5.54. The fraction of sp³-hybridized carbons (Fsp3) is 0.360. The van der Waals surface area contributed by atoms with Crippen LogP contribution >= 0.6 is 0 Å². The quantitative estimate of drug-likeness (QED) is 0.442. The van der Waals surface area contributed by atoms with E-state index in [0.717, 1.165) is 49.1 Å². The summed E-state index contributed by atoms with van der Waals surface area (Å²) >= 11 is 0. The highest BCUT2D eigenvalue weighted by atomic mass is 19.1. The van der Waals surface area contributed by atoms with Crippen molar-refractivity contribution in [2.45, 2.75) is 38.5 Å². The van der Waals surface area contributed by atoms with Gasteiger partial charge in [-0.15, -0.1) is 0 Å². The van der Waals surface area contributed by atoms with E-state index < -0.39 is 0 Å². The number of carbonyl (C=O) groups is 1. The number of aromatic nitrogens is 4. The van der Waals surface area contributed by atoms with E-state index in [1.807, 2.05) is 6.07 Å². The Morgan fingerprint density at radius 3 is 2.73 bits per heavy atom. The number of fused-ring (bicyclic) bond motifs is 2. The second-order valence-electron chi connectivity index (χ2n) is 8.84. The highest BCUT2D eigenvalue weighted by Crippen LogP contribution is 2.39. The third-order valence-corrected chi connectivity index (χ3v) is 6.65. The summed E-state index contributed by atoms with van der Waals surface area (Å²) in [5.41, 5.74) is 10.4. The maximum absolute atomic E-state index is 13.8. The molecule has 0 saturated heterocycles. The van der Waals surface area contributed by atoms with E-state index in [-0.39, 0.29) is 17.5 Å². The number of benzene rings is 1. The zero-order valence-corrected chi connectivity index (χ0v) is 18.7. The zero-order valence-electron chi connectivity index (χ0n) is 18.7. The molecular formula is C25H26FN5O2. The van der Waals surface area contributed by atoms with Crippen LogP contribution in [0.15, 0.2) is 36.7 Å². The normalized spacial score (nSPS) is 18.8. The van der Waals surface area contributed by atoms with Crippen molar-refractivity contribution < 1.29 is 13.9 Å². The van der Waals surface area contributed by atoms with Gasteiger partial charge in [-0.25, -0.2) is 9.37 Å². The number of pyridine rings is 1. The highest BCUT2D eigenvalue weighted by molar-refractivity contribution is 6.00. The van der Waals surface area contributed by atoms with Crippen LogP contribution in [0.25, 0.3) is 27.7 Å². The number of Topliss-reactive ketones (excluding diaryl/α,β-unsaturated/α-hetero) is 1. The van der Waals surface area contributed by atoms with Crippen LogP contribution in [0.1, 0.15) is 54.6 Å². The van der Waals surface area contributed by atoms with E-state index >= 15 is 0 Å². The lowest BCUT2D eigenvalue weighted by atomic mass is 9.79. The number of hydrogen-bond acceptors (Lipinski definition) is 6. The molecule has 0 amide bonds.